The van der Waals surface area contributed by atoms with E-state index in [1.165, 1.54) is 12.1 Å². The van der Waals surface area contributed by atoms with Gasteiger partial charge in [0.1, 0.15) is 23.4 Å². The first-order valence-electron chi connectivity index (χ1n) is 9.46. The van der Waals surface area contributed by atoms with Gasteiger partial charge in [-0.2, -0.15) is 0 Å². The minimum Gasteiger partial charge on any atom is -0.497 e. The van der Waals surface area contributed by atoms with Gasteiger partial charge in [-0.25, -0.2) is 8.78 Å². The number of carbonyl (C=O) groups excluding carboxylic acids is 1. The Balaban J connectivity index is 1.59. The molecule has 0 bridgehead atoms. The predicted molar refractivity (Wildman–Crippen MR) is 109 cm³/mol. The number of fused-ring (bicyclic) bond motifs is 1. The van der Waals surface area contributed by atoms with Crippen LogP contribution in [0.3, 0.4) is 0 Å². The number of carbonyl (C=O) groups is 1. The van der Waals surface area contributed by atoms with Crippen molar-refractivity contribution in [3.8, 4) is 5.75 Å². The molecule has 6 heteroatoms. The third kappa shape index (κ3) is 5.09. The van der Waals surface area contributed by atoms with Crippen molar-refractivity contribution in [3.63, 3.8) is 0 Å². The molecule has 0 fully saturated rings. The van der Waals surface area contributed by atoms with E-state index < -0.39 is 11.6 Å². The van der Waals surface area contributed by atoms with E-state index in [1.807, 2.05) is 30.3 Å². The second kappa shape index (κ2) is 9.01. The maximum absolute atomic E-state index is 13.9. The molecule has 0 aliphatic rings. The zero-order valence-corrected chi connectivity index (χ0v) is 16.8. The van der Waals surface area contributed by atoms with Gasteiger partial charge in [0, 0.05) is 25.2 Å². The van der Waals surface area contributed by atoms with Crippen molar-refractivity contribution in [2.75, 3.05) is 20.7 Å². The standard InChI is InChI=1S/C23H24F2N2O2/c1-15(21-9-7-19(24)12-22(21)25)26-13-23(28)27(2)14-16-4-5-18-11-20(29-3)8-6-17(18)10-16/h4-12,15,26H,13-14H2,1-3H3/p+1/t15-/m0/s1. The number of rotatable bonds is 7. The Morgan fingerprint density at radius 3 is 2.52 bits per heavy atom. The summed E-state index contributed by atoms with van der Waals surface area (Å²) < 4.78 is 32.2. The summed E-state index contributed by atoms with van der Waals surface area (Å²) >= 11 is 0. The van der Waals surface area contributed by atoms with E-state index in [-0.39, 0.29) is 18.5 Å². The first kappa shape index (κ1) is 20.7. The number of halogens is 2. The molecule has 0 aliphatic heterocycles. The number of ether oxygens (including phenoxy) is 1. The molecule has 152 valence electrons. The molecule has 0 aromatic heterocycles. The third-order valence-corrected chi connectivity index (χ3v) is 5.06. The van der Waals surface area contributed by atoms with Crippen LogP contribution < -0.4 is 10.1 Å². The second-order valence-corrected chi connectivity index (χ2v) is 7.19. The molecule has 0 saturated carbocycles. The lowest BCUT2D eigenvalue weighted by atomic mass is 10.1. The van der Waals surface area contributed by atoms with Crippen LogP contribution in [0.4, 0.5) is 8.78 Å². The Morgan fingerprint density at radius 2 is 1.79 bits per heavy atom. The van der Waals surface area contributed by atoms with Gasteiger partial charge in [-0.05, 0) is 53.6 Å². The molecule has 0 heterocycles. The number of amides is 1. The molecule has 2 N–H and O–H groups in total. The van der Waals surface area contributed by atoms with Gasteiger partial charge in [-0.1, -0.05) is 18.2 Å². The fraction of sp³-hybridized carbons (Fsp3) is 0.261. The quantitative estimate of drug-likeness (QED) is 0.662. The highest BCUT2D eigenvalue weighted by Gasteiger charge is 2.18. The monoisotopic (exact) mass is 399 g/mol. The molecular formula is C23H25F2N2O2+. The summed E-state index contributed by atoms with van der Waals surface area (Å²) in [5, 5.41) is 3.91. The van der Waals surface area contributed by atoms with Crippen molar-refractivity contribution in [2.24, 2.45) is 0 Å². The van der Waals surface area contributed by atoms with Gasteiger partial charge in [0.2, 0.25) is 0 Å². The van der Waals surface area contributed by atoms with E-state index in [0.29, 0.717) is 12.1 Å². The van der Waals surface area contributed by atoms with E-state index in [4.69, 9.17) is 4.74 Å². The van der Waals surface area contributed by atoms with E-state index in [2.05, 4.69) is 6.07 Å². The smallest absolute Gasteiger partial charge is 0.277 e. The Labute approximate surface area is 169 Å². The summed E-state index contributed by atoms with van der Waals surface area (Å²) in [6.07, 6.45) is 0. The number of nitrogens with two attached hydrogens (primary N) is 1. The first-order valence-corrected chi connectivity index (χ1v) is 9.46. The summed E-state index contributed by atoms with van der Waals surface area (Å²) in [6, 6.07) is 15.2. The van der Waals surface area contributed by atoms with E-state index >= 15 is 0 Å². The van der Waals surface area contributed by atoms with E-state index in [0.717, 1.165) is 28.2 Å². The predicted octanol–water partition coefficient (Wildman–Crippen LogP) is 3.41. The van der Waals surface area contributed by atoms with Gasteiger partial charge < -0.3 is 15.0 Å². The summed E-state index contributed by atoms with van der Waals surface area (Å²) in [4.78, 5) is 14.1. The van der Waals surface area contributed by atoms with Gasteiger partial charge in [0.15, 0.2) is 6.54 Å². The van der Waals surface area contributed by atoms with Crippen molar-refractivity contribution in [3.05, 3.63) is 77.4 Å². The van der Waals surface area contributed by atoms with Crippen molar-refractivity contribution in [2.45, 2.75) is 19.5 Å². The van der Waals surface area contributed by atoms with Gasteiger partial charge >= 0.3 is 0 Å². The maximum Gasteiger partial charge on any atom is 0.277 e. The summed E-state index contributed by atoms with van der Waals surface area (Å²) in [5.74, 6) is -0.459. The minimum atomic E-state index is -0.608. The van der Waals surface area contributed by atoms with Crippen molar-refractivity contribution in [1.29, 1.82) is 0 Å². The number of methoxy groups -OCH3 is 1. The van der Waals surface area contributed by atoms with Gasteiger partial charge in [-0.15, -0.1) is 0 Å². The highest BCUT2D eigenvalue weighted by molar-refractivity contribution is 5.84. The normalized spacial score (nSPS) is 12.0. The fourth-order valence-corrected chi connectivity index (χ4v) is 3.29. The lowest BCUT2D eigenvalue weighted by Crippen LogP contribution is -2.87. The molecule has 0 radical (unpaired) electrons. The van der Waals surface area contributed by atoms with Crippen LogP contribution in [0.2, 0.25) is 0 Å². The molecule has 29 heavy (non-hydrogen) atoms. The molecule has 3 aromatic carbocycles. The zero-order chi connectivity index (χ0) is 21.0. The summed E-state index contributed by atoms with van der Waals surface area (Å²) in [5.41, 5.74) is 1.41. The molecule has 1 atom stereocenters. The Hall–Kier alpha value is -2.99. The number of nitrogens with zero attached hydrogens (tertiary/aromatic N) is 1. The first-order chi connectivity index (χ1) is 13.9. The number of quaternary nitrogens is 1. The molecule has 1 amide bonds. The van der Waals surface area contributed by atoms with E-state index in [9.17, 15) is 13.6 Å². The van der Waals surface area contributed by atoms with Gasteiger partial charge in [0.25, 0.3) is 5.91 Å². The lowest BCUT2D eigenvalue weighted by Gasteiger charge is -2.18. The van der Waals surface area contributed by atoms with Crippen LogP contribution in [0.25, 0.3) is 10.8 Å². The minimum absolute atomic E-state index is 0.0609. The van der Waals surface area contributed by atoms with Crippen molar-refractivity contribution < 1.29 is 23.6 Å². The van der Waals surface area contributed by atoms with Gasteiger partial charge in [0.05, 0.1) is 7.11 Å². The molecule has 3 aromatic rings. The van der Waals surface area contributed by atoms with Crippen LogP contribution >= 0.6 is 0 Å². The molecule has 0 spiro atoms. The largest absolute Gasteiger partial charge is 0.497 e. The highest BCUT2D eigenvalue weighted by Crippen LogP contribution is 2.22. The SMILES string of the molecule is COc1ccc2cc(CN(C)C(=O)C[NH2+][C@@H](C)c3ccc(F)cc3F)ccc2c1. The topological polar surface area (TPSA) is 46.1 Å². The second-order valence-electron chi connectivity index (χ2n) is 7.19. The Morgan fingerprint density at radius 1 is 1.07 bits per heavy atom. The molecule has 3 rings (SSSR count). The Kier molecular flexibility index (Phi) is 6.44. The lowest BCUT2D eigenvalue weighted by molar-refractivity contribution is -0.683. The Bertz CT molecular complexity index is 1020. The van der Waals surface area contributed by atoms with Crippen LogP contribution in [0.15, 0.2) is 54.6 Å². The van der Waals surface area contributed by atoms with Crippen LogP contribution in [-0.2, 0) is 11.3 Å². The summed E-state index contributed by atoms with van der Waals surface area (Å²) in [7, 11) is 3.38. The van der Waals surface area contributed by atoms with Crippen molar-refractivity contribution in [1.82, 2.24) is 4.90 Å². The number of hydrogen-bond donors (Lipinski definition) is 1. The number of hydrogen-bond acceptors (Lipinski definition) is 2. The van der Waals surface area contributed by atoms with Crippen molar-refractivity contribution >= 4 is 16.7 Å². The molecule has 0 saturated heterocycles. The maximum atomic E-state index is 13.9. The average Bonchev–Trinajstić information content (AvgIpc) is 2.71. The fourth-order valence-electron chi connectivity index (χ4n) is 3.29. The number of benzene rings is 3. The average molecular weight is 399 g/mol. The third-order valence-electron chi connectivity index (χ3n) is 5.06. The zero-order valence-electron chi connectivity index (χ0n) is 16.8. The molecular weight excluding hydrogens is 374 g/mol. The molecule has 4 nitrogen and oxygen atoms in total. The summed E-state index contributed by atoms with van der Waals surface area (Å²) in [6.45, 7) is 2.45. The van der Waals surface area contributed by atoms with Gasteiger partial charge in [-0.3, -0.25) is 4.79 Å². The van der Waals surface area contributed by atoms with Crippen LogP contribution in [0, 0.1) is 11.6 Å². The number of likely N-dealkylation sites (N-methyl/N-ethyl adjacent to an activating group) is 1. The van der Waals surface area contributed by atoms with Crippen LogP contribution in [0.1, 0.15) is 24.1 Å². The van der Waals surface area contributed by atoms with E-state index in [1.54, 1.807) is 31.3 Å². The molecule has 0 unspecified atom stereocenters. The van der Waals surface area contributed by atoms with Crippen LogP contribution in [-0.4, -0.2) is 31.5 Å². The highest BCUT2D eigenvalue weighted by atomic mass is 19.1. The van der Waals surface area contributed by atoms with Crippen LogP contribution in [0.5, 0.6) is 5.75 Å². The molecule has 0 aliphatic carbocycles.